The van der Waals surface area contributed by atoms with E-state index in [1.807, 2.05) is 32.0 Å². The van der Waals surface area contributed by atoms with Crippen molar-refractivity contribution in [3.8, 4) is 0 Å². The molecule has 0 bridgehead atoms. The molecule has 6 nitrogen and oxygen atoms in total. The van der Waals surface area contributed by atoms with E-state index in [9.17, 15) is 14.4 Å². The summed E-state index contributed by atoms with van der Waals surface area (Å²) in [4.78, 5) is 36.9. The maximum Gasteiger partial charge on any atom is 0.334 e. The van der Waals surface area contributed by atoms with Gasteiger partial charge in [0.05, 0.1) is 13.2 Å². The lowest BCUT2D eigenvalue weighted by atomic mass is 9.99. The number of hydrogen-bond donors (Lipinski definition) is 1. The third kappa shape index (κ3) is 4.39. The molecular formula is C17H21NO5. The summed E-state index contributed by atoms with van der Waals surface area (Å²) in [5.41, 5.74) is 2.54. The quantitative estimate of drug-likeness (QED) is 0.833. The lowest BCUT2D eigenvalue weighted by molar-refractivity contribution is -0.159. The smallest absolute Gasteiger partial charge is 0.334 e. The van der Waals surface area contributed by atoms with E-state index >= 15 is 0 Å². The Morgan fingerprint density at radius 1 is 1.26 bits per heavy atom. The van der Waals surface area contributed by atoms with Crippen LogP contribution in [0.15, 0.2) is 18.2 Å². The lowest BCUT2D eigenvalue weighted by Gasteiger charge is -2.30. The van der Waals surface area contributed by atoms with Crippen molar-refractivity contribution >= 4 is 17.7 Å². The Kier molecular flexibility index (Phi) is 5.50. The molecule has 1 saturated heterocycles. The van der Waals surface area contributed by atoms with Crippen molar-refractivity contribution in [2.45, 2.75) is 32.8 Å². The molecule has 1 aromatic carbocycles. The van der Waals surface area contributed by atoms with Crippen LogP contribution in [-0.2, 0) is 14.3 Å². The highest BCUT2D eigenvalue weighted by atomic mass is 16.5. The summed E-state index contributed by atoms with van der Waals surface area (Å²) in [5, 5.41) is 8.94. The molecule has 1 unspecified atom stereocenters. The fourth-order valence-electron chi connectivity index (χ4n) is 2.57. The van der Waals surface area contributed by atoms with Crippen LogP contribution >= 0.6 is 0 Å². The van der Waals surface area contributed by atoms with E-state index in [4.69, 9.17) is 9.84 Å². The second-order valence-corrected chi connectivity index (χ2v) is 5.78. The molecule has 1 heterocycles. The first-order valence-electron chi connectivity index (χ1n) is 7.61. The Morgan fingerprint density at radius 3 is 2.70 bits per heavy atom. The number of carboxylic acid groups (broad SMARTS) is 1. The van der Waals surface area contributed by atoms with Crippen LogP contribution in [-0.4, -0.2) is 53.5 Å². The van der Waals surface area contributed by atoms with E-state index in [2.05, 4.69) is 0 Å². The second-order valence-electron chi connectivity index (χ2n) is 5.78. The van der Waals surface area contributed by atoms with Crippen molar-refractivity contribution in [3.63, 3.8) is 0 Å². The van der Waals surface area contributed by atoms with Crippen LogP contribution in [0.5, 0.6) is 0 Å². The van der Waals surface area contributed by atoms with E-state index < -0.39 is 12.1 Å². The first-order chi connectivity index (χ1) is 10.9. The number of carboxylic acids is 1. The molecule has 2 rings (SSSR count). The number of carbonyl (C=O) groups excluding carboxylic acids is 2. The van der Waals surface area contributed by atoms with Crippen molar-refractivity contribution in [1.82, 2.24) is 4.90 Å². The van der Waals surface area contributed by atoms with Gasteiger partial charge in [0.25, 0.3) is 0 Å². The summed E-state index contributed by atoms with van der Waals surface area (Å²) in [6.07, 6.45) is -0.779. The number of aliphatic carboxylic acids is 1. The standard InChI is InChI=1S/C17H21NO5/c1-11-3-4-12(2)13(9-11)14(19)5-6-16(20)18-7-8-23-15(10-18)17(21)22/h3-4,9,15H,5-8,10H2,1-2H3,(H,21,22). The van der Waals surface area contributed by atoms with Crippen LogP contribution < -0.4 is 0 Å². The van der Waals surface area contributed by atoms with Gasteiger partial charge in [-0.2, -0.15) is 0 Å². The minimum atomic E-state index is -1.08. The number of hydrogen-bond acceptors (Lipinski definition) is 4. The van der Waals surface area contributed by atoms with Gasteiger partial charge in [-0.1, -0.05) is 17.7 Å². The average Bonchev–Trinajstić information content (AvgIpc) is 2.54. The van der Waals surface area contributed by atoms with Crippen LogP contribution in [0.25, 0.3) is 0 Å². The van der Waals surface area contributed by atoms with E-state index in [0.29, 0.717) is 12.1 Å². The van der Waals surface area contributed by atoms with Gasteiger partial charge < -0.3 is 14.7 Å². The van der Waals surface area contributed by atoms with Crippen LogP contribution in [0.1, 0.15) is 34.3 Å². The molecule has 0 spiro atoms. The van der Waals surface area contributed by atoms with Gasteiger partial charge in [0.1, 0.15) is 0 Å². The molecule has 0 saturated carbocycles. The molecule has 0 radical (unpaired) electrons. The first kappa shape index (κ1) is 17.1. The molecule has 1 fully saturated rings. The van der Waals surface area contributed by atoms with E-state index in [0.717, 1.165) is 11.1 Å². The number of nitrogens with zero attached hydrogens (tertiary/aromatic N) is 1. The van der Waals surface area contributed by atoms with Gasteiger partial charge in [-0.15, -0.1) is 0 Å². The predicted octanol–water partition coefficient (Wildman–Crippen LogP) is 1.58. The van der Waals surface area contributed by atoms with Crippen molar-refractivity contribution < 1.29 is 24.2 Å². The maximum absolute atomic E-state index is 12.3. The fraction of sp³-hybridized carbons (Fsp3) is 0.471. The number of rotatable bonds is 5. The number of ketones is 1. The van der Waals surface area contributed by atoms with Crippen LogP contribution in [0.4, 0.5) is 0 Å². The molecule has 1 N–H and O–H groups in total. The van der Waals surface area contributed by atoms with Crippen molar-refractivity contribution in [2.24, 2.45) is 0 Å². The number of Topliss-reactive ketones (excluding diaryl/α,β-unsaturated/α-hetero) is 1. The molecule has 1 aromatic rings. The topological polar surface area (TPSA) is 83.9 Å². The lowest BCUT2D eigenvalue weighted by Crippen LogP contribution is -2.48. The molecule has 6 heteroatoms. The maximum atomic E-state index is 12.3. The normalized spacial score (nSPS) is 17.8. The zero-order valence-corrected chi connectivity index (χ0v) is 13.4. The highest BCUT2D eigenvalue weighted by Gasteiger charge is 2.29. The van der Waals surface area contributed by atoms with Crippen molar-refractivity contribution in [1.29, 1.82) is 0 Å². The highest BCUT2D eigenvalue weighted by Crippen LogP contribution is 2.15. The minimum absolute atomic E-state index is 0.0336. The van der Waals surface area contributed by atoms with Gasteiger partial charge in [-0.25, -0.2) is 4.79 Å². The molecule has 124 valence electrons. The van der Waals surface area contributed by atoms with E-state index in [1.165, 1.54) is 4.90 Å². The summed E-state index contributed by atoms with van der Waals surface area (Å²) in [7, 11) is 0. The molecular weight excluding hydrogens is 298 g/mol. The largest absolute Gasteiger partial charge is 0.479 e. The molecule has 1 atom stereocenters. The minimum Gasteiger partial charge on any atom is -0.479 e. The van der Waals surface area contributed by atoms with Crippen LogP contribution in [0.2, 0.25) is 0 Å². The predicted molar refractivity (Wildman–Crippen MR) is 83.4 cm³/mol. The van der Waals surface area contributed by atoms with Crippen LogP contribution in [0.3, 0.4) is 0 Å². The molecule has 23 heavy (non-hydrogen) atoms. The Labute approximate surface area is 135 Å². The highest BCUT2D eigenvalue weighted by molar-refractivity contribution is 5.99. The number of ether oxygens (including phenoxy) is 1. The van der Waals surface area contributed by atoms with E-state index in [1.54, 1.807) is 0 Å². The average molecular weight is 319 g/mol. The summed E-state index contributed by atoms with van der Waals surface area (Å²) in [5.74, 6) is -1.35. The van der Waals surface area contributed by atoms with Gasteiger partial charge in [0, 0.05) is 24.9 Å². The molecule has 1 aliphatic heterocycles. The van der Waals surface area contributed by atoms with Crippen molar-refractivity contribution in [3.05, 3.63) is 34.9 Å². The van der Waals surface area contributed by atoms with Gasteiger partial charge in [-0.05, 0) is 25.5 Å². The second kappa shape index (κ2) is 7.37. The van der Waals surface area contributed by atoms with E-state index in [-0.39, 0.29) is 37.7 Å². The zero-order valence-electron chi connectivity index (χ0n) is 13.4. The van der Waals surface area contributed by atoms with Gasteiger partial charge in [-0.3, -0.25) is 9.59 Å². The summed E-state index contributed by atoms with van der Waals surface area (Å²) in [6.45, 7) is 4.38. The number of morpholine rings is 1. The molecule has 1 aliphatic rings. The Morgan fingerprint density at radius 2 is 2.00 bits per heavy atom. The fourth-order valence-corrected chi connectivity index (χ4v) is 2.57. The number of benzene rings is 1. The summed E-state index contributed by atoms with van der Waals surface area (Å²) >= 11 is 0. The third-order valence-corrected chi connectivity index (χ3v) is 3.95. The summed E-state index contributed by atoms with van der Waals surface area (Å²) < 4.78 is 5.08. The Bertz CT molecular complexity index is 625. The SMILES string of the molecule is Cc1ccc(C)c(C(=O)CCC(=O)N2CCOC(C(=O)O)C2)c1. The monoisotopic (exact) mass is 319 g/mol. The Balaban J connectivity index is 1.92. The van der Waals surface area contributed by atoms with Gasteiger partial charge >= 0.3 is 5.97 Å². The number of amides is 1. The first-order valence-corrected chi connectivity index (χ1v) is 7.61. The molecule has 0 aliphatic carbocycles. The molecule has 1 amide bonds. The number of aryl methyl sites for hydroxylation is 2. The molecule has 0 aromatic heterocycles. The van der Waals surface area contributed by atoms with Gasteiger partial charge in [0.15, 0.2) is 11.9 Å². The zero-order chi connectivity index (χ0) is 17.0. The number of carbonyl (C=O) groups is 3. The Hall–Kier alpha value is -2.21. The third-order valence-electron chi connectivity index (χ3n) is 3.95. The summed E-state index contributed by atoms with van der Waals surface area (Å²) in [6, 6.07) is 5.66. The van der Waals surface area contributed by atoms with Gasteiger partial charge in [0.2, 0.25) is 5.91 Å². The van der Waals surface area contributed by atoms with Crippen molar-refractivity contribution in [2.75, 3.05) is 19.7 Å². The van der Waals surface area contributed by atoms with Crippen LogP contribution in [0, 0.1) is 13.8 Å².